The lowest BCUT2D eigenvalue weighted by molar-refractivity contribution is -0.170. The number of carboxylic acid groups (broad SMARTS) is 2. The molecule has 0 heterocycles. The molecule has 0 spiro atoms. The van der Waals surface area contributed by atoms with E-state index in [1.54, 1.807) is 0 Å². The van der Waals surface area contributed by atoms with E-state index < -0.39 is 23.5 Å². The van der Waals surface area contributed by atoms with Gasteiger partial charge in [-0.15, -0.1) is 0 Å². The molecule has 0 aromatic carbocycles. The molecule has 0 radical (unpaired) electrons. The van der Waals surface area contributed by atoms with E-state index in [-0.39, 0.29) is 0 Å². The summed E-state index contributed by atoms with van der Waals surface area (Å²) in [5, 5.41) is 25.7. The van der Waals surface area contributed by atoms with Gasteiger partial charge in [0, 0.05) is 0 Å². The predicted molar refractivity (Wildman–Crippen MR) is 35.1 cm³/mol. The standard InChI is InChI=1S/C6H10O5/c1-3(4(7)8)6(2,11)5(9)10/h3,11H,1-2H3,(H,7,8)(H,9,10)/t3-,6-/m1/s1. The summed E-state index contributed by atoms with van der Waals surface area (Å²) in [6.45, 7) is 2.09. The van der Waals surface area contributed by atoms with Gasteiger partial charge in [0.05, 0.1) is 5.92 Å². The fourth-order valence-corrected chi connectivity index (χ4v) is 0.426. The molecule has 0 aliphatic carbocycles. The van der Waals surface area contributed by atoms with E-state index in [2.05, 4.69) is 0 Å². The fraction of sp³-hybridized carbons (Fsp3) is 0.667. The van der Waals surface area contributed by atoms with Crippen molar-refractivity contribution in [3.05, 3.63) is 0 Å². The molecule has 5 heteroatoms. The van der Waals surface area contributed by atoms with Crippen LogP contribution in [0, 0.1) is 5.92 Å². The molecule has 64 valence electrons. The first-order valence-corrected chi connectivity index (χ1v) is 2.98. The van der Waals surface area contributed by atoms with Gasteiger partial charge in [0.15, 0.2) is 5.60 Å². The first-order valence-electron chi connectivity index (χ1n) is 2.98. The van der Waals surface area contributed by atoms with Gasteiger partial charge in [0.25, 0.3) is 0 Å². The molecule has 0 aliphatic rings. The molecule has 0 rings (SSSR count). The van der Waals surface area contributed by atoms with Crippen LogP contribution in [0.5, 0.6) is 0 Å². The Morgan fingerprint density at radius 2 is 1.73 bits per heavy atom. The summed E-state index contributed by atoms with van der Waals surface area (Å²) in [7, 11) is 0. The summed E-state index contributed by atoms with van der Waals surface area (Å²) in [4.78, 5) is 20.5. The average Bonchev–Trinajstić information content (AvgIpc) is 1.85. The quantitative estimate of drug-likeness (QED) is 0.522. The molecule has 0 saturated heterocycles. The van der Waals surface area contributed by atoms with Gasteiger partial charge in [0.1, 0.15) is 0 Å². The Balaban J connectivity index is 4.55. The van der Waals surface area contributed by atoms with Crippen molar-refractivity contribution in [2.24, 2.45) is 5.92 Å². The highest BCUT2D eigenvalue weighted by Crippen LogP contribution is 2.16. The van der Waals surface area contributed by atoms with Crippen molar-refractivity contribution in [3.8, 4) is 0 Å². The van der Waals surface area contributed by atoms with Crippen LogP contribution in [0.1, 0.15) is 13.8 Å². The Morgan fingerprint density at radius 1 is 1.36 bits per heavy atom. The Labute approximate surface area is 63.3 Å². The number of hydrogen-bond acceptors (Lipinski definition) is 3. The van der Waals surface area contributed by atoms with Crippen LogP contribution in [0.15, 0.2) is 0 Å². The van der Waals surface area contributed by atoms with E-state index >= 15 is 0 Å². The number of carbonyl (C=O) groups is 2. The smallest absolute Gasteiger partial charge is 0.336 e. The van der Waals surface area contributed by atoms with Crippen molar-refractivity contribution >= 4 is 11.9 Å². The predicted octanol–water partition coefficient (Wildman–Crippen LogP) is -0.457. The lowest BCUT2D eigenvalue weighted by atomic mass is 9.91. The minimum atomic E-state index is -2.20. The molecule has 0 unspecified atom stereocenters. The number of hydrogen-bond donors (Lipinski definition) is 3. The van der Waals surface area contributed by atoms with E-state index in [0.29, 0.717) is 0 Å². The van der Waals surface area contributed by atoms with Crippen molar-refractivity contribution in [2.75, 3.05) is 0 Å². The van der Waals surface area contributed by atoms with Crippen molar-refractivity contribution in [1.82, 2.24) is 0 Å². The van der Waals surface area contributed by atoms with Crippen LogP contribution < -0.4 is 0 Å². The van der Waals surface area contributed by atoms with Crippen LogP contribution in [0.2, 0.25) is 0 Å². The summed E-state index contributed by atoms with van der Waals surface area (Å²) in [6.07, 6.45) is 0. The highest BCUT2D eigenvalue weighted by atomic mass is 16.4. The van der Waals surface area contributed by atoms with Gasteiger partial charge in [0.2, 0.25) is 0 Å². The summed E-state index contributed by atoms with van der Waals surface area (Å²) in [6, 6.07) is 0. The van der Waals surface area contributed by atoms with E-state index in [0.717, 1.165) is 13.8 Å². The van der Waals surface area contributed by atoms with Crippen molar-refractivity contribution < 1.29 is 24.9 Å². The molecule has 0 aliphatic heterocycles. The second-order valence-corrected chi connectivity index (χ2v) is 2.51. The molecule has 0 aromatic rings. The van der Waals surface area contributed by atoms with Gasteiger partial charge in [-0.25, -0.2) is 4.79 Å². The maximum atomic E-state index is 10.3. The maximum Gasteiger partial charge on any atom is 0.336 e. The third kappa shape index (κ3) is 1.91. The molecule has 0 fully saturated rings. The normalized spacial score (nSPS) is 18.5. The number of rotatable bonds is 3. The minimum absolute atomic E-state index is 0.952. The largest absolute Gasteiger partial charge is 0.481 e. The third-order valence-electron chi connectivity index (χ3n) is 1.65. The highest BCUT2D eigenvalue weighted by Gasteiger charge is 2.40. The van der Waals surface area contributed by atoms with E-state index in [1.165, 1.54) is 0 Å². The zero-order valence-electron chi connectivity index (χ0n) is 6.24. The molecule has 0 bridgehead atoms. The Morgan fingerprint density at radius 3 is 1.82 bits per heavy atom. The van der Waals surface area contributed by atoms with Crippen molar-refractivity contribution in [2.45, 2.75) is 19.4 Å². The maximum absolute atomic E-state index is 10.3. The molecule has 11 heavy (non-hydrogen) atoms. The number of carboxylic acids is 2. The van der Waals surface area contributed by atoms with Crippen LogP contribution in [-0.4, -0.2) is 32.9 Å². The first kappa shape index (κ1) is 9.90. The highest BCUT2D eigenvalue weighted by molar-refractivity contribution is 5.84. The minimum Gasteiger partial charge on any atom is -0.481 e. The Bertz CT molecular complexity index is 183. The molecule has 5 nitrogen and oxygen atoms in total. The first-order chi connectivity index (χ1) is 4.80. The van der Waals surface area contributed by atoms with Crippen LogP contribution in [0.4, 0.5) is 0 Å². The molecular weight excluding hydrogens is 152 g/mol. The lowest BCUT2D eigenvalue weighted by Crippen LogP contribution is -2.45. The number of aliphatic hydroxyl groups is 1. The van der Waals surface area contributed by atoms with Gasteiger partial charge in [-0.3, -0.25) is 4.79 Å². The SMILES string of the molecule is C[C@H](C(=O)O)[C@@](C)(O)C(=O)O. The molecule has 0 aromatic heterocycles. The van der Waals surface area contributed by atoms with Crippen LogP contribution in [0.3, 0.4) is 0 Å². The van der Waals surface area contributed by atoms with Gasteiger partial charge in [-0.05, 0) is 13.8 Å². The van der Waals surface area contributed by atoms with E-state index in [9.17, 15) is 9.59 Å². The molecule has 0 saturated carbocycles. The Kier molecular flexibility index (Phi) is 2.59. The van der Waals surface area contributed by atoms with E-state index in [4.69, 9.17) is 15.3 Å². The summed E-state index contributed by atoms with van der Waals surface area (Å²) in [5.41, 5.74) is -2.20. The molecule has 2 atom stereocenters. The van der Waals surface area contributed by atoms with Crippen molar-refractivity contribution in [3.63, 3.8) is 0 Å². The fourth-order valence-electron chi connectivity index (χ4n) is 0.426. The summed E-state index contributed by atoms with van der Waals surface area (Å²) in [5.74, 6) is -4.19. The third-order valence-corrected chi connectivity index (χ3v) is 1.65. The summed E-state index contributed by atoms with van der Waals surface area (Å²) < 4.78 is 0. The average molecular weight is 162 g/mol. The second-order valence-electron chi connectivity index (χ2n) is 2.51. The lowest BCUT2D eigenvalue weighted by Gasteiger charge is -2.21. The van der Waals surface area contributed by atoms with Crippen LogP contribution >= 0.6 is 0 Å². The zero-order chi connectivity index (χ0) is 9.23. The number of aliphatic carboxylic acids is 2. The van der Waals surface area contributed by atoms with E-state index in [1.807, 2.05) is 0 Å². The van der Waals surface area contributed by atoms with Crippen LogP contribution in [0.25, 0.3) is 0 Å². The summed E-state index contributed by atoms with van der Waals surface area (Å²) >= 11 is 0. The van der Waals surface area contributed by atoms with Gasteiger partial charge in [-0.1, -0.05) is 0 Å². The molecular formula is C6H10O5. The topological polar surface area (TPSA) is 94.8 Å². The Hall–Kier alpha value is -1.10. The zero-order valence-corrected chi connectivity index (χ0v) is 6.24. The van der Waals surface area contributed by atoms with Crippen LogP contribution in [-0.2, 0) is 9.59 Å². The monoisotopic (exact) mass is 162 g/mol. The second kappa shape index (κ2) is 2.87. The van der Waals surface area contributed by atoms with Crippen molar-refractivity contribution in [1.29, 1.82) is 0 Å². The van der Waals surface area contributed by atoms with Gasteiger partial charge < -0.3 is 15.3 Å². The van der Waals surface area contributed by atoms with Gasteiger partial charge >= 0.3 is 11.9 Å². The molecule has 3 N–H and O–H groups in total. The van der Waals surface area contributed by atoms with Gasteiger partial charge in [-0.2, -0.15) is 0 Å². The molecule has 0 amide bonds.